The number of halogens is 2. The normalized spacial score (nSPS) is 13.0. The van der Waals surface area contributed by atoms with Crippen LogP contribution in [0.2, 0.25) is 0 Å². The van der Waals surface area contributed by atoms with Crippen molar-refractivity contribution in [1.29, 1.82) is 0 Å². The molecule has 1 atom stereocenters. The Morgan fingerprint density at radius 2 is 1.81 bits per heavy atom. The van der Waals surface area contributed by atoms with E-state index in [1.54, 1.807) is 0 Å². The maximum absolute atomic E-state index is 6.77. The molecule has 0 amide bonds. The Hall–Kier alpha value is -0.990. The molecule has 0 radical (unpaired) electrons. The minimum absolute atomic E-state index is 0.119. The molecule has 0 heterocycles. The number of benzene rings is 2. The molecule has 0 saturated carbocycles. The van der Waals surface area contributed by atoms with Crippen LogP contribution < -0.4 is 4.74 Å². The van der Waals surface area contributed by atoms with Gasteiger partial charge < -0.3 is 4.74 Å². The average Bonchev–Trinajstić information content (AvgIpc) is 2.49. The van der Waals surface area contributed by atoms with Crippen molar-refractivity contribution in [2.24, 2.45) is 0 Å². The standard InChI is InChI=1S/C18H20BrClO/c1-4-21-16-11-10-13(12-15(16)19)17(20)18(2,3)14-8-6-5-7-9-14/h5-12,17H,4H2,1-3H3. The fourth-order valence-electron chi connectivity index (χ4n) is 2.38. The topological polar surface area (TPSA) is 9.23 Å². The summed E-state index contributed by atoms with van der Waals surface area (Å²) in [6, 6.07) is 16.4. The molecule has 0 fully saturated rings. The van der Waals surface area contributed by atoms with E-state index in [0.717, 1.165) is 15.8 Å². The van der Waals surface area contributed by atoms with Gasteiger partial charge in [-0.3, -0.25) is 0 Å². The van der Waals surface area contributed by atoms with E-state index in [-0.39, 0.29) is 10.8 Å². The van der Waals surface area contributed by atoms with Crippen molar-refractivity contribution in [3.63, 3.8) is 0 Å². The Bertz CT molecular complexity index is 595. The van der Waals surface area contributed by atoms with Crippen molar-refractivity contribution in [2.45, 2.75) is 31.6 Å². The zero-order valence-electron chi connectivity index (χ0n) is 12.6. The lowest BCUT2D eigenvalue weighted by Gasteiger charge is -2.31. The fourth-order valence-corrected chi connectivity index (χ4v) is 3.15. The first-order chi connectivity index (χ1) is 9.96. The van der Waals surface area contributed by atoms with Crippen LogP contribution in [0, 0.1) is 0 Å². The predicted molar refractivity (Wildman–Crippen MR) is 93.4 cm³/mol. The van der Waals surface area contributed by atoms with Crippen LogP contribution >= 0.6 is 27.5 Å². The molecule has 0 aromatic heterocycles. The lowest BCUT2D eigenvalue weighted by Crippen LogP contribution is -2.23. The SMILES string of the molecule is CCOc1ccc(C(Cl)C(C)(C)c2ccccc2)cc1Br. The first kappa shape index (κ1) is 16.4. The van der Waals surface area contributed by atoms with Crippen LogP contribution in [-0.2, 0) is 5.41 Å². The first-order valence-corrected chi connectivity index (χ1v) is 8.31. The molecule has 0 aliphatic rings. The maximum atomic E-state index is 6.77. The summed E-state index contributed by atoms with van der Waals surface area (Å²) in [7, 11) is 0. The molecular weight excluding hydrogens is 348 g/mol. The number of hydrogen-bond donors (Lipinski definition) is 0. The molecule has 2 rings (SSSR count). The van der Waals surface area contributed by atoms with Gasteiger partial charge in [0.1, 0.15) is 5.75 Å². The van der Waals surface area contributed by atoms with Crippen molar-refractivity contribution in [3.05, 3.63) is 64.1 Å². The summed E-state index contributed by atoms with van der Waals surface area (Å²) in [6.45, 7) is 6.97. The third kappa shape index (κ3) is 3.61. The highest BCUT2D eigenvalue weighted by atomic mass is 79.9. The van der Waals surface area contributed by atoms with Gasteiger partial charge in [-0.1, -0.05) is 50.2 Å². The quantitative estimate of drug-likeness (QED) is 0.580. The van der Waals surface area contributed by atoms with Crippen LogP contribution in [0.3, 0.4) is 0 Å². The van der Waals surface area contributed by atoms with Crippen LogP contribution in [0.4, 0.5) is 0 Å². The zero-order valence-corrected chi connectivity index (χ0v) is 14.9. The molecule has 21 heavy (non-hydrogen) atoms. The van der Waals surface area contributed by atoms with Gasteiger partial charge in [-0.15, -0.1) is 11.6 Å². The highest BCUT2D eigenvalue weighted by molar-refractivity contribution is 9.10. The lowest BCUT2D eigenvalue weighted by atomic mass is 9.79. The van der Waals surface area contributed by atoms with Crippen LogP contribution in [0.5, 0.6) is 5.75 Å². The van der Waals surface area contributed by atoms with E-state index in [0.29, 0.717) is 6.61 Å². The lowest BCUT2D eigenvalue weighted by molar-refractivity contribution is 0.338. The van der Waals surface area contributed by atoms with E-state index >= 15 is 0 Å². The van der Waals surface area contributed by atoms with Gasteiger partial charge in [0, 0.05) is 5.41 Å². The van der Waals surface area contributed by atoms with Gasteiger partial charge in [0.25, 0.3) is 0 Å². The van der Waals surface area contributed by atoms with Gasteiger partial charge in [0.15, 0.2) is 0 Å². The Kier molecular flexibility index (Phi) is 5.34. The number of rotatable bonds is 5. The summed E-state index contributed by atoms with van der Waals surface area (Å²) in [5.74, 6) is 0.850. The molecule has 2 aromatic carbocycles. The number of hydrogen-bond acceptors (Lipinski definition) is 1. The molecule has 3 heteroatoms. The molecule has 2 aromatic rings. The number of alkyl halides is 1. The van der Waals surface area contributed by atoms with E-state index in [9.17, 15) is 0 Å². The minimum atomic E-state index is -0.157. The monoisotopic (exact) mass is 366 g/mol. The van der Waals surface area contributed by atoms with E-state index < -0.39 is 0 Å². The Balaban J connectivity index is 2.31. The molecule has 0 spiro atoms. The number of ether oxygens (including phenoxy) is 1. The molecular formula is C18H20BrClO. The predicted octanol–water partition coefficient (Wildman–Crippen LogP) is 6.11. The third-order valence-corrected chi connectivity index (χ3v) is 5.12. The van der Waals surface area contributed by atoms with Gasteiger partial charge in [0.2, 0.25) is 0 Å². The Morgan fingerprint density at radius 1 is 1.14 bits per heavy atom. The van der Waals surface area contributed by atoms with Crippen LogP contribution in [0.15, 0.2) is 53.0 Å². The van der Waals surface area contributed by atoms with Gasteiger partial charge in [-0.2, -0.15) is 0 Å². The molecule has 0 bridgehead atoms. The first-order valence-electron chi connectivity index (χ1n) is 7.08. The van der Waals surface area contributed by atoms with Crippen LogP contribution in [-0.4, -0.2) is 6.61 Å². The second kappa shape index (κ2) is 6.85. The molecule has 0 saturated heterocycles. The van der Waals surface area contributed by atoms with Crippen molar-refractivity contribution in [1.82, 2.24) is 0 Å². The summed E-state index contributed by atoms with van der Waals surface area (Å²) in [5, 5.41) is -0.119. The Labute approximate surface area is 140 Å². The summed E-state index contributed by atoms with van der Waals surface area (Å²) in [5.41, 5.74) is 2.16. The van der Waals surface area contributed by atoms with Gasteiger partial charge in [-0.05, 0) is 46.1 Å². The second-order valence-electron chi connectivity index (χ2n) is 5.57. The van der Waals surface area contributed by atoms with Crippen molar-refractivity contribution in [3.8, 4) is 5.75 Å². The molecule has 0 N–H and O–H groups in total. The van der Waals surface area contributed by atoms with Crippen LogP contribution in [0.1, 0.15) is 37.3 Å². The smallest absolute Gasteiger partial charge is 0.133 e. The van der Waals surface area contributed by atoms with Gasteiger partial charge in [0.05, 0.1) is 16.5 Å². The summed E-state index contributed by atoms with van der Waals surface area (Å²) >= 11 is 10.3. The van der Waals surface area contributed by atoms with E-state index in [4.69, 9.17) is 16.3 Å². The molecule has 0 aliphatic heterocycles. The van der Waals surface area contributed by atoms with Crippen molar-refractivity contribution >= 4 is 27.5 Å². The minimum Gasteiger partial charge on any atom is -0.493 e. The average molecular weight is 368 g/mol. The van der Waals surface area contributed by atoms with Gasteiger partial charge in [-0.25, -0.2) is 0 Å². The van der Waals surface area contributed by atoms with Gasteiger partial charge >= 0.3 is 0 Å². The Morgan fingerprint density at radius 3 is 2.38 bits per heavy atom. The summed E-state index contributed by atoms with van der Waals surface area (Å²) < 4.78 is 6.49. The maximum Gasteiger partial charge on any atom is 0.133 e. The zero-order chi connectivity index (χ0) is 15.5. The van der Waals surface area contributed by atoms with Crippen molar-refractivity contribution < 1.29 is 4.74 Å². The van der Waals surface area contributed by atoms with Crippen LogP contribution in [0.25, 0.3) is 0 Å². The highest BCUT2D eigenvalue weighted by Crippen LogP contribution is 2.43. The largest absolute Gasteiger partial charge is 0.493 e. The third-order valence-electron chi connectivity index (χ3n) is 3.70. The highest BCUT2D eigenvalue weighted by Gasteiger charge is 2.31. The second-order valence-corrected chi connectivity index (χ2v) is 6.86. The molecule has 1 unspecified atom stereocenters. The molecule has 0 aliphatic carbocycles. The molecule has 112 valence electrons. The summed E-state index contributed by atoms with van der Waals surface area (Å²) in [6.07, 6.45) is 0. The van der Waals surface area contributed by atoms with E-state index in [1.165, 1.54) is 5.56 Å². The van der Waals surface area contributed by atoms with Crippen molar-refractivity contribution in [2.75, 3.05) is 6.61 Å². The van der Waals surface area contributed by atoms with E-state index in [2.05, 4.69) is 54.0 Å². The summed E-state index contributed by atoms with van der Waals surface area (Å²) in [4.78, 5) is 0. The van der Waals surface area contributed by atoms with E-state index in [1.807, 2.05) is 31.2 Å². The fraction of sp³-hybridized carbons (Fsp3) is 0.333. The molecule has 1 nitrogen and oxygen atoms in total.